The molecule has 0 fully saturated rings. The van der Waals surface area contributed by atoms with Crippen molar-refractivity contribution in [3.8, 4) is 0 Å². The second-order valence-electron chi connectivity index (χ2n) is 4.85. The summed E-state index contributed by atoms with van der Waals surface area (Å²) in [4.78, 5) is 18.7. The first-order chi connectivity index (χ1) is 9.75. The number of alkyl halides is 3. The SMILES string of the molecule is CCCNC(=O)CNc1ncc(C(C)C)c(C(F)(F)F)n1. The monoisotopic (exact) mass is 304 g/mol. The molecule has 0 radical (unpaired) electrons. The highest BCUT2D eigenvalue weighted by Crippen LogP contribution is 2.33. The number of carbonyl (C=O) groups is 1. The summed E-state index contributed by atoms with van der Waals surface area (Å²) in [5.41, 5.74) is -0.938. The maximum atomic E-state index is 13.0. The minimum absolute atomic E-state index is 0.0310. The molecule has 1 rings (SSSR count). The zero-order chi connectivity index (χ0) is 16.0. The number of rotatable bonds is 6. The lowest BCUT2D eigenvalue weighted by molar-refractivity contribution is -0.142. The largest absolute Gasteiger partial charge is 0.433 e. The van der Waals surface area contributed by atoms with E-state index in [1.807, 2.05) is 6.92 Å². The van der Waals surface area contributed by atoms with E-state index in [2.05, 4.69) is 20.6 Å². The summed E-state index contributed by atoms with van der Waals surface area (Å²) in [5, 5.41) is 5.10. The fourth-order valence-electron chi connectivity index (χ4n) is 1.61. The van der Waals surface area contributed by atoms with E-state index < -0.39 is 11.9 Å². The summed E-state index contributed by atoms with van der Waals surface area (Å²) in [5.74, 6) is -0.871. The fourth-order valence-corrected chi connectivity index (χ4v) is 1.61. The first-order valence-electron chi connectivity index (χ1n) is 6.70. The van der Waals surface area contributed by atoms with Crippen LogP contribution in [0.25, 0.3) is 0 Å². The molecule has 0 aromatic carbocycles. The maximum absolute atomic E-state index is 13.0. The topological polar surface area (TPSA) is 66.9 Å². The van der Waals surface area contributed by atoms with Crippen molar-refractivity contribution in [1.29, 1.82) is 0 Å². The van der Waals surface area contributed by atoms with Crippen molar-refractivity contribution in [2.75, 3.05) is 18.4 Å². The lowest BCUT2D eigenvalue weighted by Crippen LogP contribution is -2.31. The highest BCUT2D eigenvalue weighted by molar-refractivity contribution is 5.80. The molecule has 0 spiro atoms. The summed E-state index contributed by atoms with van der Waals surface area (Å²) < 4.78 is 38.9. The molecular formula is C13H19F3N4O. The quantitative estimate of drug-likeness (QED) is 0.847. The Balaban J connectivity index is 2.84. The first-order valence-corrected chi connectivity index (χ1v) is 6.70. The number of carbonyl (C=O) groups excluding carboxylic acids is 1. The van der Waals surface area contributed by atoms with E-state index in [9.17, 15) is 18.0 Å². The molecular weight excluding hydrogens is 285 g/mol. The van der Waals surface area contributed by atoms with Crippen LogP contribution in [0, 0.1) is 0 Å². The molecule has 1 amide bonds. The second kappa shape index (κ2) is 7.24. The van der Waals surface area contributed by atoms with Gasteiger partial charge in [0.15, 0.2) is 5.69 Å². The Labute approximate surface area is 121 Å². The standard InChI is InChI=1S/C13H19F3N4O/c1-4-5-17-10(21)7-19-12-18-6-9(8(2)3)11(20-12)13(14,15)16/h6,8H,4-5,7H2,1-3H3,(H,17,21)(H,18,19,20). The predicted molar refractivity (Wildman–Crippen MR) is 72.9 cm³/mol. The number of nitrogens with one attached hydrogen (secondary N) is 2. The Kier molecular flexibility index (Phi) is 5.92. The summed E-state index contributed by atoms with van der Waals surface area (Å²) in [7, 11) is 0. The Morgan fingerprint density at radius 2 is 2.05 bits per heavy atom. The van der Waals surface area contributed by atoms with Gasteiger partial charge in [0.1, 0.15) is 0 Å². The number of nitrogens with zero attached hydrogens (tertiary/aromatic N) is 2. The predicted octanol–water partition coefficient (Wildman–Crippen LogP) is 2.56. The van der Waals surface area contributed by atoms with Gasteiger partial charge in [-0.2, -0.15) is 13.2 Å². The molecule has 21 heavy (non-hydrogen) atoms. The van der Waals surface area contributed by atoms with Gasteiger partial charge in [0.2, 0.25) is 11.9 Å². The van der Waals surface area contributed by atoms with Crippen LogP contribution in [-0.4, -0.2) is 29.0 Å². The third-order valence-corrected chi connectivity index (χ3v) is 2.69. The fraction of sp³-hybridized carbons (Fsp3) is 0.615. The summed E-state index contributed by atoms with van der Waals surface area (Å²) in [6, 6.07) is 0. The molecule has 0 atom stereocenters. The van der Waals surface area contributed by atoms with Gasteiger partial charge in [-0.05, 0) is 12.3 Å². The molecule has 2 N–H and O–H groups in total. The molecule has 1 aromatic heterocycles. The van der Waals surface area contributed by atoms with Gasteiger partial charge < -0.3 is 10.6 Å². The second-order valence-corrected chi connectivity index (χ2v) is 4.85. The van der Waals surface area contributed by atoms with Crippen molar-refractivity contribution in [3.63, 3.8) is 0 Å². The van der Waals surface area contributed by atoms with Crippen LogP contribution in [-0.2, 0) is 11.0 Å². The van der Waals surface area contributed by atoms with Crippen LogP contribution in [0.15, 0.2) is 6.20 Å². The highest BCUT2D eigenvalue weighted by Gasteiger charge is 2.36. The van der Waals surface area contributed by atoms with Crippen LogP contribution < -0.4 is 10.6 Å². The minimum Gasteiger partial charge on any atom is -0.355 e. The van der Waals surface area contributed by atoms with Gasteiger partial charge >= 0.3 is 6.18 Å². The van der Waals surface area contributed by atoms with Crippen LogP contribution >= 0.6 is 0 Å². The third kappa shape index (κ3) is 5.20. The smallest absolute Gasteiger partial charge is 0.355 e. The number of anilines is 1. The van der Waals surface area contributed by atoms with Gasteiger partial charge in [0.25, 0.3) is 0 Å². The van der Waals surface area contributed by atoms with Crippen molar-refractivity contribution >= 4 is 11.9 Å². The minimum atomic E-state index is -4.55. The molecule has 0 aliphatic heterocycles. The Morgan fingerprint density at radius 1 is 1.38 bits per heavy atom. The van der Waals surface area contributed by atoms with Gasteiger partial charge in [0, 0.05) is 18.3 Å². The average molecular weight is 304 g/mol. The van der Waals surface area contributed by atoms with E-state index in [0.29, 0.717) is 6.54 Å². The van der Waals surface area contributed by atoms with Gasteiger partial charge in [-0.25, -0.2) is 9.97 Å². The van der Waals surface area contributed by atoms with E-state index in [1.54, 1.807) is 13.8 Å². The van der Waals surface area contributed by atoms with Gasteiger partial charge in [-0.15, -0.1) is 0 Å². The Morgan fingerprint density at radius 3 is 2.57 bits per heavy atom. The van der Waals surface area contributed by atoms with Crippen molar-refractivity contribution < 1.29 is 18.0 Å². The molecule has 1 heterocycles. The molecule has 5 nitrogen and oxygen atoms in total. The molecule has 0 saturated carbocycles. The first kappa shape index (κ1) is 17.2. The van der Waals surface area contributed by atoms with E-state index in [4.69, 9.17) is 0 Å². The van der Waals surface area contributed by atoms with Gasteiger partial charge in [-0.1, -0.05) is 20.8 Å². The molecule has 0 saturated heterocycles. The van der Waals surface area contributed by atoms with E-state index in [0.717, 1.165) is 12.6 Å². The Hall–Kier alpha value is -1.86. The number of halogens is 3. The van der Waals surface area contributed by atoms with Crippen LogP contribution in [0.5, 0.6) is 0 Å². The van der Waals surface area contributed by atoms with Gasteiger partial charge in [0.05, 0.1) is 6.54 Å². The van der Waals surface area contributed by atoms with E-state index >= 15 is 0 Å². The van der Waals surface area contributed by atoms with Crippen molar-refractivity contribution in [2.45, 2.75) is 39.3 Å². The summed E-state index contributed by atoms with van der Waals surface area (Å²) >= 11 is 0. The van der Waals surface area contributed by atoms with Crippen LogP contribution in [0.2, 0.25) is 0 Å². The van der Waals surface area contributed by atoms with E-state index in [-0.39, 0.29) is 29.9 Å². The Bertz CT molecular complexity index is 489. The number of aromatic nitrogens is 2. The normalized spacial score (nSPS) is 11.6. The van der Waals surface area contributed by atoms with Crippen LogP contribution in [0.3, 0.4) is 0 Å². The number of hydrogen-bond acceptors (Lipinski definition) is 4. The number of amides is 1. The lowest BCUT2D eigenvalue weighted by Gasteiger charge is -2.15. The molecule has 8 heteroatoms. The van der Waals surface area contributed by atoms with E-state index in [1.165, 1.54) is 0 Å². The van der Waals surface area contributed by atoms with Gasteiger partial charge in [-0.3, -0.25) is 4.79 Å². The zero-order valence-electron chi connectivity index (χ0n) is 12.2. The number of hydrogen-bond donors (Lipinski definition) is 2. The van der Waals surface area contributed by atoms with Crippen molar-refractivity contribution in [3.05, 3.63) is 17.5 Å². The summed E-state index contributed by atoms with van der Waals surface area (Å²) in [6.45, 7) is 5.52. The van der Waals surface area contributed by atoms with Crippen LogP contribution in [0.1, 0.15) is 44.4 Å². The zero-order valence-corrected chi connectivity index (χ0v) is 12.2. The van der Waals surface area contributed by atoms with Crippen molar-refractivity contribution in [1.82, 2.24) is 15.3 Å². The van der Waals surface area contributed by atoms with Crippen molar-refractivity contribution in [2.24, 2.45) is 0 Å². The van der Waals surface area contributed by atoms with Crippen LogP contribution in [0.4, 0.5) is 19.1 Å². The molecule has 0 bridgehead atoms. The molecule has 0 unspecified atom stereocenters. The highest BCUT2D eigenvalue weighted by atomic mass is 19.4. The molecule has 118 valence electrons. The molecule has 0 aliphatic rings. The maximum Gasteiger partial charge on any atom is 0.433 e. The molecule has 0 aliphatic carbocycles. The molecule has 1 aromatic rings. The lowest BCUT2D eigenvalue weighted by atomic mass is 10.0. The summed E-state index contributed by atoms with van der Waals surface area (Å²) in [6.07, 6.45) is -2.63. The third-order valence-electron chi connectivity index (χ3n) is 2.69. The average Bonchev–Trinajstić information content (AvgIpc) is 2.41.